The Morgan fingerprint density at radius 2 is 2.07 bits per heavy atom. The van der Waals surface area contributed by atoms with Crippen molar-refractivity contribution in [3.8, 4) is 0 Å². The second-order valence-corrected chi connectivity index (χ2v) is 8.41. The fourth-order valence-electron chi connectivity index (χ4n) is 2.84. The first-order chi connectivity index (χ1) is 12.9. The number of morpholine rings is 1. The molecule has 10 heteroatoms. The van der Waals surface area contributed by atoms with Crippen LogP contribution in [0, 0.1) is 12.8 Å². The predicted molar refractivity (Wildman–Crippen MR) is 98.6 cm³/mol. The molecule has 1 saturated heterocycles. The number of anilines is 1. The van der Waals surface area contributed by atoms with E-state index in [9.17, 15) is 13.2 Å². The van der Waals surface area contributed by atoms with E-state index in [4.69, 9.17) is 4.74 Å². The van der Waals surface area contributed by atoms with Crippen LogP contribution < -0.4 is 5.32 Å². The third-order valence-electron chi connectivity index (χ3n) is 4.42. The number of ether oxygens (including phenoxy) is 1. The van der Waals surface area contributed by atoms with Crippen LogP contribution in [0.3, 0.4) is 0 Å². The highest BCUT2D eigenvalue weighted by Crippen LogP contribution is 2.24. The van der Waals surface area contributed by atoms with Gasteiger partial charge in [-0.1, -0.05) is 13.0 Å². The minimum absolute atomic E-state index is 0.200. The van der Waals surface area contributed by atoms with Gasteiger partial charge in [0.05, 0.1) is 30.6 Å². The first-order valence-electron chi connectivity index (χ1n) is 8.70. The van der Waals surface area contributed by atoms with Gasteiger partial charge in [0.1, 0.15) is 12.7 Å². The summed E-state index contributed by atoms with van der Waals surface area (Å²) >= 11 is 0. The largest absolute Gasteiger partial charge is 0.379 e. The summed E-state index contributed by atoms with van der Waals surface area (Å²) < 4.78 is 34.1. The summed E-state index contributed by atoms with van der Waals surface area (Å²) in [5.74, 6) is -0.573. The molecule has 1 aliphatic heterocycles. The number of nitrogens with one attached hydrogen (secondary N) is 1. The SMILES string of the molecule is Cc1ccc(NC(=O)C(C)Cn2cncn2)cc1S(=O)(=O)N1CCOCC1. The molecule has 1 aromatic carbocycles. The number of hydrogen-bond acceptors (Lipinski definition) is 6. The van der Waals surface area contributed by atoms with Gasteiger partial charge in [-0.25, -0.2) is 13.4 Å². The van der Waals surface area contributed by atoms with E-state index < -0.39 is 10.0 Å². The molecule has 3 rings (SSSR count). The van der Waals surface area contributed by atoms with E-state index in [1.165, 1.54) is 16.7 Å². The quantitative estimate of drug-likeness (QED) is 0.781. The molecule has 1 fully saturated rings. The average Bonchev–Trinajstić information content (AvgIpc) is 3.17. The zero-order chi connectivity index (χ0) is 19.4. The minimum atomic E-state index is -3.63. The number of aromatic nitrogens is 3. The van der Waals surface area contributed by atoms with Gasteiger partial charge in [0.15, 0.2) is 0 Å². The molecule has 0 bridgehead atoms. The van der Waals surface area contributed by atoms with E-state index >= 15 is 0 Å². The van der Waals surface area contributed by atoms with Crippen LogP contribution in [-0.4, -0.2) is 59.7 Å². The molecule has 1 N–H and O–H groups in total. The summed E-state index contributed by atoms with van der Waals surface area (Å²) in [5, 5.41) is 6.77. The summed E-state index contributed by atoms with van der Waals surface area (Å²) in [6.45, 7) is 5.32. The van der Waals surface area contributed by atoms with Gasteiger partial charge in [-0.2, -0.15) is 9.40 Å². The number of hydrogen-bond donors (Lipinski definition) is 1. The molecule has 1 aromatic heterocycles. The summed E-state index contributed by atoms with van der Waals surface area (Å²) in [4.78, 5) is 16.5. The Kier molecular flexibility index (Phi) is 5.88. The normalized spacial score (nSPS) is 16.8. The maximum absolute atomic E-state index is 12.9. The fraction of sp³-hybridized carbons (Fsp3) is 0.471. The van der Waals surface area contributed by atoms with Gasteiger partial charge in [-0.15, -0.1) is 0 Å². The summed E-state index contributed by atoms with van der Waals surface area (Å²) in [5.41, 5.74) is 1.08. The smallest absolute Gasteiger partial charge is 0.243 e. The number of amides is 1. The highest BCUT2D eigenvalue weighted by atomic mass is 32.2. The summed E-state index contributed by atoms with van der Waals surface area (Å²) in [6.07, 6.45) is 2.95. The van der Waals surface area contributed by atoms with Gasteiger partial charge >= 0.3 is 0 Å². The molecule has 2 aromatic rings. The van der Waals surface area contributed by atoms with Crippen LogP contribution in [-0.2, 0) is 26.1 Å². The van der Waals surface area contributed by atoms with Crippen molar-refractivity contribution >= 4 is 21.6 Å². The van der Waals surface area contributed by atoms with Crippen molar-refractivity contribution in [1.29, 1.82) is 0 Å². The molecule has 1 unspecified atom stereocenters. The Labute approximate surface area is 158 Å². The van der Waals surface area contributed by atoms with Crippen LogP contribution in [0.1, 0.15) is 12.5 Å². The number of carbonyl (C=O) groups is 1. The molecule has 27 heavy (non-hydrogen) atoms. The fourth-order valence-corrected chi connectivity index (χ4v) is 4.50. The average molecular weight is 393 g/mol. The van der Waals surface area contributed by atoms with Crippen molar-refractivity contribution in [2.45, 2.75) is 25.3 Å². The number of sulfonamides is 1. The monoisotopic (exact) mass is 393 g/mol. The highest BCUT2D eigenvalue weighted by molar-refractivity contribution is 7.89. The van der Waals surface area contributed by atoms with Crippen LogP contribution in [0.5, 0.6) is 0 Å². The minimum Gasteiger partial charge on any atom is -0.379 e. The van der Waals surface area contributed by atoms with Crippen molar-refractivity contribution < 1.29 is 17.9 Å². The van der Waals surface area contributed by atoms with Crippen LogP contribution >= 0.6 is 0 Å². The van der Waals surface area contributed by atoms with E-state index in [1.807, 2.05) is 0 Å². The van der Waals surface area contributed by atoms with Crippen LogP contribution in [0.15, 0.2) is 35.7 Å². The number of rotatable bonds is 6. The van der Waals surface area contributed by atoms with Crippen molar-refractivity contribution in [2.75, 3.05) is 31.6 Å². The zero-order valence-corrected chi connectivity index (χ0v) is 16.1. The van der Waals surface area contributed by atoms with E-state index in [1.54, 1.807) is 37.0 Å². The van der Waals surface area contributed by atoms with E-state index in [0.29, 0.717) is 44.1 Å². The lowest BCUT2D eigenvalue weighted by atomic mass is 10.1. The number of carbonyl (C=O) groups excluding carboxylic acids is 1. The molecule has 0 aliphatic carbocycles. The lowest BCUT2D eigenvalue weighted by Crippen LogP contribution is -2.40. The van der Waals surface area contributed by atoms with Gasteiger partial charge in [0.25, 0.3) is 0 Å². The molecule has 0 radical (unpaired) electrons. The van der Waals surface area contributed by atoms with Gasteiger partial charge in [0.2, 0.25) is 15.9 Å². The first kappa shape index (κ1) is 19.5. The molecule has 0 saturated carbocycles. The number of nitrogens with zero attached hydrogens (tertiary/aromatic N) is 4. The number of aryl methyl sites for hydroxylation is 1. The summed E-state index contributed by atoms with van der Waals surface area (Å²) in [7, 11) is -3.63. The van der Waals surface area contributed by atoms with Gasteiger partial charge in [-0.05, 0) is 24.6 Å². The highest BCUT2D eigenvalue weighted by Gasteiger charge is 2.28. The zero-order valence-electron chi connectivity index (χ0n) is 15.3. The second kappa shape index (κ2) is 8.15. The molecule has 1 atom stereocenters. The van der Waals surface area contributed by atoms with Crippen LogP contribution in [0.4, 0.5) is 5.69 Å². The molecule has 146 valence electrons. The van der Waals surface area contributed by atoms with Crippen molar-refractivity contribution in [3.05, 3.63) is 36.4 Å². The second-order valence-electron chi connectivity index (χ2n) is 6.50. The Hall–Kier alpha value is -2.30. The number of benzene rings is 1. The molecular weight excluding hydrogens is 370 g/mol. The van der Waals surface area contributed by atoms with Crippen LogP contribution in [0.25, 0.3) is 0 Å². The van der Waals surface area contributed by atoms with Crippen molar-refractivity contribution in [1.82, 2.24) is 19.1 Å². The van der Waals surface area contributed by atoms with E-state index in [2.05, 4.69) is 15.4 Å². The lowest BCUT2D eigenvalue weighted by Gasteiger charge is -2.27. The molecule has 1 aliphatic rings. The third kappa shape index (κ3) is 4.52. The molecule has 9 nitrogen and oxygen atoms in total. The van der Waals surface area contributed by atoms with E-state index in [0.717, 1.165) is 0 Å². The first-order valence-corrected chi connectivity index (χ1v) is 10.1. The van der Waals surface area contributed by atoms with Crippen molar-refractivity contribution in [3.63, 3.8) is 0 Å². The Morgan fingerprint density at radius 3 is 2.74 bits per heavy atom. The Balaban J connectivity index is 1.75. The Morgan fingerprint density at radius 1 is 1.33 bits per heavy atom. The maximum Gasteiger partial charge on any atom is 0.243 e. The van der Waals surface area contributed by atoms with Gasteiger partial charge < -0.3 is 10.1 Å². The standard InChI is InChI=1S/C17H23N5O4S/c1-13-3-4-15(20-17(23)14(2)10-21-12-18-11-19-21)9-16(13)27(24,25)22-5-7-26-8-6-22/h3-4,9,11-12,14H,5-8,10H2,1-2H3,(H,20,23). The van der Waals surface area contributed by atoms with Gasteiger partial charge in [0, 0.05) is 18.8 Å². The topological polar surface area (TPSA) is 106 Å². The maximum atomic E-state index is 12.9. The third-order valence-corrected chi connectivity index (χ3v) is 6.46. The predicted octanol–water partition coefficient (Wildman–Crippen LogP) is 0.882. The molecular formula is C17H23N5O4S. The molecule has 1 amide bonds. The Bertz CT molecular complexity index is 892. The molecule has 0 spiro atoms. The van der Waals surface area contributed by atoms with Crippen LogP contribution in [0.2, 0.25) is 0 Å². The van der Waals surface area contributed by atoms with E-state index in [-0.39, 0.29) is 16.7 Å². The van der Waals surface area contributed by atoms with Gasteiger partial charge in [-0.3, -0.25) is 9.48 Å². The lowest BCUT2D eigenvalue weighted by molar-refractivity contribution is -0.119. The van der Waals surface area contributed by atoms with Crippen molar-refractivity contribution in [2.24, 2.45) is 5.92 Å². The molecule has 2 heterocycles. The summed E-state index contributed by atoms with van der Waals surface area (Å²) in [6, 6.07) is 4.92.